The van der Waals surface area contributed by atoms with Crippen molar-refractivity contribution in [3.63, 3.8) is 0 Å². The minimum Gasteiger partial charge on any atom is -0.315 e. The van der Waals surface area contributed by atoms with Crippen LogP contribution in [0.5, 0.6) is 0 Å². The lowest BCUT2D eigenvalue weighted by atomic mass is 10.1. The molecule has 0 radical (unpaired) electrons. The highest BCUT2D eigenvalue weighted by molar-refractivity contribution is 5.85. The largest absolute Gasteiger partial charge is 0.326 e. The lowest BCUT2D eigenvalue weighted by Crippen LogP contribution is -2.35. The molecule has 0 amide bonds. The predicted octanol–water partition coefficient (Wildman–Crippen LogP) is 1.68. The molecule has 17 heavy (non-hydrogen) atoms. The SMILES string of the molecule is Cl.O=c1[nH]c2ccccc2n1[C@@H]1CCCNC1. The summed E-state index contributed by atoms with van der Waals surface area (Å²) in [7, 11) is 0. The average Bonchev–Trinajstić information content (AvgIpc) is 2.66. The van der Waals surface area contributed by atoms with E-state index < -0.39 is 0 Å². The molecule has 1 atom stereocenters. The number of hydrogen-bond acceptors (Lipinski definition) is 2. The van der Waals surface area contributed by atoms with Gasteiger partial charge in [-0.25, -0.2) is 4.79 Å². The number of hydrogen-bond donors (Lipinski definition) is 2. The maximum atomic E-state index is 11.9. The van der Waals surface area contributed by atoms with E-state index in [1.165, 1.54) is 0 Å². The minimum atomic E-state index is 0. The highest BCUT2D eigenvalue weighted by Crippen LogP contribution is 2.19. The fourth-order valence-corrected chi connectivity index (χ4v) is 2.49. The molecule has 1 fully saturated rings. The normalized spacial score (nSPS) is 20.1. The molecule has 1 saturated heterocycles. The zero-order valence-corrected chi connectivity index (χ0v) is 10.3. The Morgan fingerprint density at radius 3 is 2.88 bits per heavy atom. The van der Waals surface area contributed by atoms with Gasteiger partial charge in [0.15, 0.2) is 0 Å². The van der Waals surface area contributed by atoms with Crippen molar-refractivity contribution in [1.82, 2.24) is 14.9 Å². The number of imidazole rings is 1. The number of fused-ring (bicyclic) bond motifs is 1. The fourth-order valence-electron chi connectivity index (χ4n) is 2.49. The van der Waals surface area contributed by atoms with E-state index in [4.69, 9.17) is 0 Å². The Hall–Kier alpha value is -1.26. The van der Waals surface area contributed by atoms with Crippen LogP contribution in [0.3, 0.4) is 0 Å². The summed E-state index contributed by atoms with van der Waals surface area (Å²) in [6, 6.07) is 8.16. The average molecular weight is 254 g/mol. The number of aromatic nitrogens is 2. The summed E-state index contributed by atoms with van der Waals surface area (Å²) in [5, 5.41) is 3.34. The van der Waals surface area contributed by atoms with Crippen molar-refractivity contribution < 1.29 is 0 Å². The van der Waals surface area contributed by atoms with Gasteiger partial charge < -0.3 is 10.3 Å². The molecule has 0 unspecified atom stereocenters. The van der Waals surface area contributed by atoms with Crippen LogP contribution < -0.4 is 11.0 Å². The summed E-state index contributed by atoms with van der Waals surface area (Å²) < 4.78 is 1.89. The summed E-state index contributed by atoms with van der Waals surface area (Å²) in [6.45, 7) is 1.95. The third-order valence-electron chi connectivity index (χ3n) is 3.26. The monoisotopic (exact) mass is 253 g/mol. The molecule has 4 nitrogen and oxygen atoms in total. The second kappa shape index (κ2) is 4.94. The number of benzene rings is 1. The van der Waals surface area contributed by atoms with Crippen LogP contribution in [0.1, 0.15) is 18.9 Å². The second-order valence-corrected chi connectivity index (χ2v) is 4.32. The van der Waals surface area contributed by atoms with Crippen LogP contribution in [-0.4, -0.2) is 22.6 Å². The Morgan fingerprint density at radius 2 is 2.12 bits per heavy atom. The molecule has 92 valence electrons. The third-order valence-corrected chi connectivity index (χ3v) is 3.26. The first-order chi connectivity index (χ1) is 7.86. The molecule has 5 heteroatoms. The van der Waals surface area contributed by atoms with Gasteiger partial charge in [-0.2, -0.15) is 0 Å². The Labute approximate surface area is 105 Å². The number of rotatable bonds is 1. The molecule has 2 N–H and O–H groups in total. The van der Waals surface area contributed by atoms with E-state index in [1.807, 2.05) is 28.8 Å². The highest BCUT2D eigenvalue weighted by atomic mass is 35.5. The Balaban J connectivity index is 0.00000108. The molecule has 2 heterocycles. The van der Waals surface area contributed by atoms with Crippen LogP contribution in [0, 0.1) is 0 Å². The minimum absolute atomic E-state index is 0. The first-order valence-electron chi connectivity index (χ1n) is 5.76. The molecular weight excluding hydrogens is 238 g/mol. The molecule has 1 aromatic carbocycles. The molecule has 1 aliphatic heterocycles. The Morgan fingerprint density at radius 1 is 1.29 bits per heavy atom. The quantitative estimate of drug-likeness (QED) is 0.812. The summed E-state index contributed by atoms with van der Waals surface area (Å²) in [4.78, 5) is 14.8. The van der Waals surface area contributed by atoms with Gasteiger partial charge in [0, 0.05) is 6.54 Å². The first-order valence-corrected chi connectivity index (χ1v) is 5.76. The Bertz CT molecular complexity index is 554. The number of para-hydroxylation sites is 2. The maximum absolute atomic E-state index is 11.9. The third kappa shape index (κ3) is 2.10. The van der Waals surface area contributed by atoms with Crippen molar-refractivity contribution in [3.8, 4) is 0 Å². The maximum Gasteiger partial charge on any atom is 0.326 e. The van der Waals surface area contributed by atoms with Crippen molar-refractivity contribution >= 4 is 23.4 Å². The summed E-state index contributed by atoms with van der Waals surface area (Å²) >= 11 is 0. The predicted molar refractivity (Wildman–Crippen MR) is 70.9 cm³/mol. The van der Waals surface area contributed by atoms with Crippen LogP contribution in [0.25, 0.3) is 11.0 Å². The molecule has 0 spiro atoms. The van der Waals surface area contributed by atoms with Gasteiger partial charge in [0.2, 0.25) is 0 Å². The van der Waals surface area contributed by atoms with Gasteiger partial charge in [-0.15, -0.1) is 12.4 Å². The van der Waals surface area contributed by atoms with Crippen molar-refractivity contribution in [2.75, 3.05) is 13.1 Å². The molecule has 0 saturated carbocycles. The smallest absolute Gasteiger partial charge is 0.315 e. The number of piperidine rings is 1. The second-order valence-electron chi connectivity index (χ2n) is 4.32. The first kappa shape index (κ1) is 12.2. The molecule has 1 aliphatic rings. The topological polar surface area (TPSA) is 49.8 Å². The van der Waals surface area contributed by atoms with Gasteiger partial charge in [-0.05, 0) is 31.5 Å². The lowest BCUT2D eigenvalue weighted by molar-refractivity contribution is 0.372. The number of halogens is 1. The van der Waals surface area contributed by atoms with Crippen molar-refractivity contribution in [1.29, 1.82) is 0 Å². The van der Waals surface area contributed by atoms with Gasteiger partial charge in [0.05, 0.1) is 17.1 Å². The van der Waals surface area contributed by atoms with Crippen LogP contribution >= 0.6 is 12.4 Å². The van der Waals surface area contributed by atoms with Crippen LogP contribution in [0.4, 0.5) is 0 Å². The van der Waals surface area contributed by atoms with E-state index in [9.17, 15) is 4.79 Å². The molecule has 1 aromatic heterocycles. The molecule has 2 aromatic rings. The van der Waals surface area contributed by atoms with E-state index in [0.717, 1.165) is 37.0 Å². The fraction of sp³-hybridized carbons (Fsp3) is 0.417. The zero-order valence-electron chi connectivity index (χ0n) is 9.48. The molecular formula is C12H16ClN3O. The van der Waals surface area contributed by atoms with Gasteiger partial charge in [0.25, 0.3) is 0 Å². The van der Waals surface area contributed by atoms with Gasteiger partial charge in [0.1, 0.15) is 0 Å². The number of aromatic amines is 1. The van der Waals surface area contributed by atoms with E-state index in [0.29, 0.717) is 0 Å². The zero-order chi connectivity index (χ0) is 11.0. The van der Waals surface area contributed by atoms with Crippen LogP contribution in [0.2, 0.25) is 0 Å². The Kier molecular flexibility index (Phi) is 3.54. The van der Waals surface area contributed by atoms with Gasteiger partial charge in [-0.3, -0.25) is 4.57 Å². The molecule has 3 rings (SSSR count). The van der Waals surface area contributed by atoms with Crippen LogP contribution in [-0.2, 0) is 0 Å². The number of H-pyrrole nitrogens is 1. The van der Waals surface area contributed by atoms with Crippen molar-refractivity contribution in [2.45, 2.75) is 18.9 Å². The summed E-state index contributed by atoms with van der Waals surface area (Å²) in [5.41, 5.74) is 1.95. The molecule has 0 bridgehead atoms. The van der Waals surface area contributed by atoms with Gasteiger partial charge in [-0.1, -0.05) is 12.1 Å². The molecule has 0 aliphatic carbocycles. The summed E-state index contributed by atoms with van der Waals surface area (Å²) in [6.07, 6.45) is 2.21. The standard InChI is InChI=1S/C12H15N3O.ClH/c16-12-14-10-5-1-2-6-11(10)15(12)9-4-3-7-13-8-9;/h1-2,5-6,9,13H,3-4,7-8H2,(H,14,16);1H/t9-;/m1./s1. The van der Waals surface area contributed by atoms with Gasteiger partial charge >= 0.3 is 5.69 Å². The van der Waals surface area contributed by atoms with E-state index >= 15 is 0 Å². The van der Waals surface area contributed by atoms with Crippen LogP contribution in [0.15, 0.2) is 29.1 Å². The van der Waals surface area contributed by atoms with Crippen molar-refractivity contribution in [3.05, 3.63) is 34.7 Å². The summed E-state index contributed by atoms with van der Waals surface area (Å²) in [5.74, 6) is 0. The van der Waals surface area contributed by atoms with E-state index in [2.05, 4.69) is 10.3 Å². The number of nitrogens with zero attached hydrogens (tertiary/aromatic N) is 1. The van der Waals surface area contributed by atoms with Crippen molar-refractivity contribution in [2.24, 2.45) is 0 Å². The van der Waals surface area contributed by atoms with E-state index in [-0.39, 0.29) is 24.1 Å². The lowest BCUT2D eigenvalue weighted by Gasteiger charge is -2.23. The number of nitrogens with one attached hydrogen (secondary N) is 2. The highest BCUT2D eigenvalue weighted by Gasteiger charge is 2.18. The van der Waals surface area contributed by atoms with E-state index in [1.54, 1.807) is 0 Å².